The van der Waals surface area contributed by atoms with Gasteiger partial charge in [-0.2, -0.15) is 0 Å². The van der Waals surface area contributed by atoms with E-state index in [1.807, 2.05) is 6.07 Å². The fourth-order valence-corrected chi connectivity index (χ4v) is 2.40. The number of benzene rings is 1. The summed E-state index contributed by atoms with van der Waals surface area (Å²) in [5.41, 5.74) is 0.583. The molecule has 0 saturated carbocycles. The minimum Gasteiger partial charge on any atom is -0.454 e. The van der Waals surface area contributed by atoms with Crippen molar-refractivity contribution in [2.45, 2.75) is 18.9 Å². The van der Waals surface area contributed by atoms with E-state index in [2.05, 4.69) is 31.9 Å². The van der Waals surface area contributed by atoms with Crippen LogP contribution in [0.2, 0.25) is 0 Å². The zero-order chi connectivity index (χ0) is 17.5. The minimum absolute atomic E-state index is 0.217. The van der Waals surface area contributed by atoms with Crippen LogP contribution in [0.4, 0.5) is 5.69 Å². The van der Waals surface area contributed by atoms with Gasteiger partial charge in [-0.15, -0.1) is 0 Å². The van der Waals surface area contributed by atoms with Gasteiger partial charge in [0.25, 0.3) is 5.91 Å². The van der Waals surface area contributed by atoms with E-state index >= 15 is 0 Å². The lowest BCUT2D eigenvalue weighted by Crippen LogP contribution is -2.39. The summed E-state index contributed by atoms with van der Waals surface area (Å²) >= 11 is 3.29. The van der Waals surface area contributed by atoms with Crippen LogP contribution in [-0.4, -0.2) is 42.9 Å². The fourth-order valence-electron chi connectivity index (χ4n) is 2.02. The Labute approximate surface area is 146 Å². The second-order valence-electron chi connectivity index (χ2n) is 5.07. The Hall–Kier alpha value is -2.42. The summed E-state index contributed by atoms with van der Waals surface area (Å²) in [7, 11) is 0. The van der Waals surface area contributed by atoms with E-state index in [4.69, 9.17) is 4.74 Å². The van der Waals surface area contributed by atoms with Crippen LogP contribution < -0.4 is 16.0 Å². The molecule has 1 heterocycles. The largest absolute Gasteiger partial charge is 0.454 e. The lowest BCUT2D eigenvalue weighted by molar-refractivity contribution is -0.150. The molecule has 3 amide bonds. The first-order chi connectivity index (χ1) is 11.5. The quantitative estimate of drug-likeness (QED) is 0.598. The van der Waals surface area contributed by atoms with Crippen LogP contribution in [0.25, 0.3) is 0 Å². The summed E-state index contributed by atoms with van der Waals surface area (Å²) in [5, 5.41) is 7.42. The second kappa shape index (κ2) is 8.44. The minimum atomic E-state index is -0.705. The number of anilines is 1. The third-order valence-electron chi connectivity index (χ3n) is 3.22. The zero-order valence-electron chi connectivity index (χ0n) is 12.6. The Balaban J connectivity index is 1.67. The van der Waals surface area contributed by atoms with Crippen molar-refractivity contribution in [1.29, 1.82) is 0 Å². The molecule has 0 aromatic heterocycles. The summed E-state index contributed by atoms with van der Waals surface area (Å²) in [6.45, 7) is -0.759. The monoisotopic (exact) mass is 397 g/mol. The fraction of sp³-hybridized carbons (Fsp3) is 0.333. The first-order valence-electron chi connectivity index (χ1n) is 7.23. The summed E-state index contributed by atoms with van der Waals surface area (Å²) < 4.78 is 5.52. The predicted molar refractivity (Wildman–Crippen MR) is 87.9 cm³/mol. The van der Waals surface area contributed by atoms with Gasteiger partial charge in [0.1, 0.15) is 6.04 Å². The summed E-state index contributed by atoms with van der Waals surface area (Å²) in [6.07, 6.45) is 0.620. The SMILES string of the molecule is O=C(COC(=O)[C@@H]1CCC(=O)N1)NCC(=O)Nc1ccccc1Br. The van der Waals surface area contributed by atoms with Crippen LogP contribution in [0.1, 0.15) is 12.8 Å². The molecule has 1 fully saturated rings. The van der Waals surface area contributed by atoms with Crippen molar-refractivity contribution in [3.8, 4) is 0 Å². The number of rotatable bonds is 6. The molecule has 0 radical (unpaired) electrons. The van der Waals surface area contributed by atoms with Crippen molar-refractivity contribution in [2.24, 2.45) is 0 Å². The number of halogens is 1. The van der Waals surface area contributed by atoms with Crippen LogP contribution in [0.5, 0.6) is 0 Å². The molecule has 3 N–H and O–H groups in total. The molecule has 0 unspecified atom stereocenters. The maximum atomic E-state index is 11.8. The smallest absolute Gasteiger partial charge is 0.329 e. The lowest BCUT2D eigenvalue weighted by Gasteiger charge is -2.11. The predicted octanol–water partition coefficient (Wildman–Crippen LogP) is 0.326. The van der Waals surface area contributed by atoms with Gasteiger partial charge >= 0.3 is 5.97 Å². The lowest BCUT2D eigenvalue weighted by atomic mass is 10.2. The highest BCUT2D eigenvalue weighted by Gasteiger charge is 2.28. The van der Waals surface area contributed by atoms with Crippen LogP contribution in [-0.2, 0) is 23.9 Å². The van der Waals surface area contributed by atoms with Crippen molar-refractivity contribution in [3.63, 3.8) is 0 Å². The van der Waals surface area contributed by atoms with Gasteiger partial charge in [0, 0.05) is 10.9 Å². The molecule has 1 atom stereocenters. The topological polar surface area (TPSA) is 114 Å². The maximum absolute atomic E-state index is 11.8. The van der Waals surface area contributed by atoms with Crippen LogP contribution in [0, 0.1) is 0 Å². The standard InChI is InChI=1S/C15H16BrN3O5/c16-9-3-1-2-4-10(9)18-13(21)7-17-14(22)8-24-15(23)11-5-6-12(20)19-11/h1-4,11H,5-8H2,(H,17,22)(H,18,21)(H,19,20)/t11-/m0/s1. The molecule has 8 nitrogen and oxygen atoms in total. The van der Waals surface area contributed by atoms with Gasteiger partial charge in [-0.1, -0.05) is 12.1 Å². The molecule has 0 bridgehead atoms. The van der Waals surface area contributed by atoms with Gasteiger partial charge in [-0.3, -0.25) is 14.4 Å². The number of amides is 3. The van der Waals surface area contributed by atoms with Gasteiger partial charge in [0.2, 0.25) is 11.8 Å². The van der Waals surface area contributed by atoms with E-state index in [1.54, 1.807) is 18.2 Å². The molecule has 1 aromatic carbocycles. The van der Waals surface area contributed by atoms with E-state index in [0.717, 1.165) is 4.47 Å². The zero-order valence-corrected chi connectivity index (χ0v) is 14.2. The Bertz CT molecular complexity index is 664. The molecule has 1 aliphatic rings. The first kappa shape index (κ1) is 17.9. The number of esters is 1. The second-order valence-corrected chi connectivity index (χ2v) is 5.93. The molecule has 24 heavy (non-hydrogen) atoms. The molecule has 1 saturated heterocycles. The number of nitrogens with one attached hydrogen (secondary N) is 3. The van der Waals surface area contributed by atoms with E-state index in [0.29, 0.717) is 12.1 Å². The molecule has 9 heteroatoms. The van der Waals surface area contributed by atoms with Gasteiger partial charge in [0.15, 0.2) is 6.61 Å². The van der Waals surface area contributed by atoms with Crippen LogP contribution in [0.15, 0.2) is 28.7 Å². The Kier molecular flexibility index (Phi) is 6.30. The first-order valence-corrected chi connectivity index (χ1v) is 8.02. The van der Waals surface area contributed by atoms with Crippen molar-refractivity contribution >= 4 is 45.3 Å². The Morgan fingerprint density at radius 1 is 1.25 bits per heavy atom. The average Bonchev–Trinajstić information content (AvgIpc) is 2.99. The molecule has 0 spiro atoms. The summed E-state index contributed by atoms with van der Waals surface area (Å²) in [4.78, 5) is 45.9. The molecule has 1 aromatic rings. The van der Waals surface area contributed by atoms with Gasteiger partial charge in [0.05, 0.1) is 12.2 Å². The number of carbonyl (C=O) groups excluding carboxylic acids is 4. The van der Waals surface area contributed by atoms with Gasteiger partial charge in [-0.25, -0.2) is 4.79 Å². The number of carbonyl (C=O) groups is 4. The summed E-state index contributed by atoms with van der Waals surface area (Å²) in [5.74, 6) is -1.89. The normalized spacial score (nSPS) is 16.2. The highest BCUT2D eigenvalue weighted by molar-refractivity contribution is 9.10. The van der Waals surface area contributed by atoms with Crippen molar-refractivity contribution in [3.05, 3.63) is 28.7 Å². The van der Waals surface area contributed by atoms with Crippen molar-refractivity contribution < 1.29 is 23.9 Å². The van der Waals surface area contributed by atoms with Crippen molar-refractivity contribution in [2.75, 3.05) is 18.5 Å². The number of ether oxygens (including phenoxy) is 1. The summed E-state index contributed by atoms with van der Waals surface area (Å²) in [6, 6.07) is 6.35. The Morgan fingerprint density at radius 2 is 2.00 bits per heavy atom. The highest BCUT2D eigenvalue weighted by Crippen LogP contribution is 2.20. The van der Waals surface area contributed by atoms with E-state index in [1.165, 1.54) is 0 Å². The average molecular weight is 398 g/mol. The third-order valence-corrected chi connectivity index (χ3v) is 3.91. The molecule has 1 aliphatic heterocycles. The molecule has 0 aliphatic carbocycles. The number of para-hydroxylation sites is 1. The van der Waals surface area contributed by atoms with E-state index < -0.39 is 30.4 Å². The van der Waals surface area contributed by atoms with E-state index in [-0.39, 0.29) is 18.9 Å². The molecular weight excluding hydrogens is 382 g/mol. The molecule has 2 rings (SSSR count). The van der Waals surface area contributed by atoms with E-state index in [9.17, 15) is 19.2 Å². The van der Waals surface area contributed by atoms with Crippen LogP contribution in [0.3, 0.4) is 0 Å². The third kappa shape index (κ3) is 5.34. The number of hydrogen-bond acceptors (Lipinski definition) is 5. The number of hydrogen-bond donors (Lipinski definition) is 3. The van der Waals surface area contributed by atoms with Gasteiger partial charge in [-0.05, 0) is 34.5 Å². The van der Waals surface area contributed by atoms with Crippen molar-refractivity contribution in [1.82, 2.24) is 10.6 Å². The highest BCUT2D eigenvalue weighted by atomic mass is 79.9. The Morgan fingerprint density at radius 3 is 2.67 bits per heavy atom. The van der Waals surface area contributed by atoms with Gasteiger partial charge < -0.3 is 20.7 Å². The van der Waals surface area contributed by atoms with Crippen LogP contribution >= 0.6 is 15.9 Å². The maximum Gasteiger partial charge on any atom is 0.329 e. The molecular formula is C15H16BrN3O5. The molecule has 128 valence electrons.